The van der Waals surface area contributed by atoms with Crippen LogP contribution in [0.3, 0.4) is 0 Å². The first-order chi connectivity index (χ1) is 6.31. The Balaban J connectivity index is 2.41. The first kappa shape index (κ1) is 8.91. The van der Waals surface area contributed by atoms with Gasteiger partial charge < -0.3 is 9.84 Å². The van der Waals surface area contributed by atoms with E-state index in [4.69, 9.17) is 4.74 Å². The third kappa shape index (κ3) is 1.67. The SMILES string of the molecule is COc1ccc2c(c1)[C@@H](O)CSC2. The molecule has 2 nitrogen and oxygen atoms in total. The molecule has 13 heavy (non-hydrogen) atoms. The molecule has 1 aromatic carbocycles. The van der Waals surface area contributed by atoms with E-state index >= 15 is 0 Å². The van der Waals surface area contributed by atoms with E-state index in [0.29, 0.717) is 0 Å². The van der Waals surface area contributed by atoms with E-state index in [9.17, 15) is 5.11 Å². The molecule has 70 valence electrons. The summed E-state index contributed by atoms with van der Waals surface area (Å²) in [4.78, 5) is 0. The lowest BCUT2D eigenvalue weighted by atomic mass is 10.0. The van der Waals surface area contributed by atoms with Gasteiger partial charge in [0.15, 0.2) is 0 Å². The van der Waals surface area contributed by atoms with Gasteiger partial charge in [-0.25, -0.2) is 0 Å². The number of benzene rings is 1. The van der Waals surface area contributed by atoms with E-state index in [1.807, 2.05) is 18.2 Å². The summed E-state index contributed by atoms with van der Waals surface area (Å²) in [5.41, 5.74) is 2.25. The van der Waals surface area contributed by atoms with Gasteiger partial charge in [-0.15, -0.1) is 0 Å². The summed E-state index contributed by atoms with van der Waals surface area (Å²) < 4.78 is 5.11. The Kier molecular flexibility index (Phi) is 2.47. The Morgan fingerprint density at radius 2 is 2.38 bits per heavy atom. The van der Waals surface area contributed by atoms with Gasteiger partial charge in [-0.1, -0.05) is 6.07 Å². The van der Waals surface area contributed by atoms with Crippen LogP contribution in [0.2, 0.25) is 0 Å². The van der Waals surface area contributed by atoms with Crippen molar-refractivity contribution in [3.05, 3.63) is 29.3 Å². The summed E-state index contributed by atoms with van der Waals surface area (Å²) in [6.07, 6.45) is -0.330. The van der Waals surface area contributed by atoms with Crippen LogP contribution in [0.15, 0.2) is 18.2 Å². The fourth-order valence-electron chi connectivity index (χ4n) is 1.51. The summed E-state index contributed by atoms with van der Waals surface area (Å²) in [5.74, 6) is 2.61. The molecule has 1 aliphatic heterocycles. The lowest BCUT2D eigenvalue weighted by Crippen LogP contribution is -2.09. The monoisotopic (exact) mass is 196 g/mol. The standard InChI is InChI=1S/C10H12O2S/c1-12-8-3-2-7-5-13-6-10(11)9(7)4-8/h2-4,10-11H,5-6H2,1H3/t10-/m0/s1. The molecule has 1 aliphatic rings. The second-order valence-electron chi connectivity index (χ2n) is 3.10. The lowest BCUT2D eigenvalue weighted by Gasteiger charge is -2.21. The van der Waals surface area contributed by atoms with Crippen molar-refractivity contribution in [2.45, 2.75) is 11.9 Å². The zero-order valence-corrected chi connectivity index (χ0v) is 8.30. The van der Waals surface area contributed by atoms with Gasteiger partial charge in [0.2, 0.25) is 0 Å². The van der Waals surface area contributed by atoms with Crippen molar-refractivity contribution in [2.75, 3.05) is 12.9 Å². The minimum Gasteiger partial charge on any atom is -0.497 e. The van der Waals surface area contributed by atoms with E-state index in [0.717, 1.165) is 22.8 Å². The Morgan fingerprint density at radius 1 is 1.54 bits per heavy atom. The van der Waals surface area contributed by atoms with Crippen molar-refractivity contribution in [3.8, 4) is 5.75 Å². The molecule has 0 radical (unpaired) electrons. The van der Waals surface area contributed by atoms with Crippen molar-refractivity contribution >= 4 is 11.8 Å². The number of hydrogen-bond acceptors (Lipinski definition) is 3. The quantitative estimate of drug-likeness (QED) is 0.744. The Morgan fingerprint density at radius 3 is 3.15 bits per heavy atom. The molecule has 0 spiro atoms. The Hall–Kier alpha value is -0.670. The molecule has 0 bridgehead atoms. The number of hydrogen-bond donors (Lipinski definition) is 1. The highest BCUT2D eigenvalue weighted by Crippen LogP contribution is 2.33. The van der Waals surface area contributed by atoms with Crippen molar-refractivity contribution in [1.29, 1.82) is 0 Å². The third-order valence-electron chi connectivity index (χ3n) is 2.25. The molecule has 1 aromatic rings. The van der Waals surface area contributed by atoms with Gasteiger partial charge in [0, 0.05) is 11.5 Å². The van der Waals surface area contributed by atoms with Crippen LogP contribution in [0.1, 0.15) is 17.2 Å². The molecule has 0 fully saturated rings. The van der Waals surface area contributed by atoms with Crippen molar-refractivity contribution < 1.29 is 9.84 Å². The number of ether oxygens (including phenoxy) is 1. The van der Waals surface area contributed by atoms with Crippen LogP contribution < -0.4 is 4.74 Å². The van der Waals surface area contributed by atoms with Crippen molar-refractivity contribution in [1.82, 2.24) is 0 Å². The van der Waals surface area contributed by atoms with Crippen LogP contribution >= 0.6 is 11.8 Å². The smallest absolute Gasteiger partial charge is 0.119 e. The normalized spacial score (nSPS) is 20.9. The number of methoxy groups -OCH3 is 1. The van der Waals surface area contributed by atoms with Gasteiger partial charge >= 0.3 is 0 Å². The van der Waals surface area contributed by atoms with Gasteiger partial charge in [-0.05, 0) is 23.3 Å². The molecule has 1 heterocycles. The maximum absolute atomic E-state index is 9.70. The summed E-state index contributed by atoms with van der Waals surface area (Å²) in [6.45, 7) is 0. The highest BCUT2D eigenvalue weighted by Gasteiger charge is 2.18. The number of rotatable bonds is 1. The van der Waals surface area contributed by atoms with E-state index in [1.165, 1.54) is 5.56 Å². The molecule has 3 heteroatoms. The zero-order chi connectivity index (χ0) is 9.26. The maximum Gasteiger partial charge on any atom is 0.119 e. The predicted octanol–water partition coefficient (Wildman–Crippen LogP) is 1.98. The van der Waals surface area contributed by atoms with Crippen LogP contribution in [0, 0.1) is 0 Å². The summed E-state index contributed by atoms with van der Waals surface area (Å²) in [6, 6.07) is 5.90. The first-order valence-electron chi connectivity index (χ1n) is 4.24. The number of aliphatic hydroxyl groups excluding tert-OH is 1. The van der Waals surface area contributed by atoms with E-state index in [1.54, 1.807) is 18.9 Å². The van der Waals surface area contributed by atoms with E-state index in [2.05, 4.69) is 0 Å². The van der Waals surface area contributed by atoms with Gasteiger partial charge in [0.05, 0.1) is 13.2 Å². The van der Waals surface area contributed by atoms with E-state index < -0.39 is 0 Å². The molecule has 1 atom stereocenters. The summed E-state index contributed by atoms with van der Waals surface area (Å²) in [7, 11) is 1.64. The lowest BCUT2D eigenvalue weighted by molar-refractivity contribution is 0.201. The van der Waals surface area contributed by atoms with Gasteiger partial charge in [-0.3, -0.25) is 0 Å². The van der Waals surface area contributed by atoms with Crippen molar-refractivity contribution in [2.24, 2.45) is 0 Å². The zero-order valence-electron chi connectivity index (χ0n) is 7.49. The van der Waals surface area contributed by atoms with Crippen LogP contribution in [0.4, 0.5) is 0 Å². The number of thioether (sulfide) groups is 1. The third-order valence-corrected chi connectivity index (χ3v) is 3.31. The molecule has 2 rings (SSSR count). The molecule has 1 N–H and O–H groups in total. The molecule has 0 aliphatic carbocycles. The maximum atomic E-state index is 9.70. The van der Waals surface area contributed by atoms with E-state index in [-0.39, 0.29) is 6.10 Å². The molecule has 0 unspecified atom stereocenters. The largest absolute Gasteiger partial charge is 0.497 e. The number of aliphatic hydroxyl groups is 1. The molecular formula is C10H12O2S. The van der Waals surface area contributed by atoms with Gasteiger partial charge in [-0.2, -0.15) is 11.8 Å². The summed E-state index contributed by atoms with van der Waals surface area (Å²) in [5, 5.41) is 9.70. The van der Waals surface area contributed by atoms with Gasteiger partial charge in [0.25, 0.3) is 0 Å². The predicted molar refractivity (Wildman–Crippen MR) is 54.1 cm³/mol. The average Bonchev–Trinajstić information content (AvgIpc) is 2.18. The van der Waals surface area contributed by atoms with Crippen LogP contribution in [-0.2, 0) is 5.75 Å². The molecular weight excluding hydrogens is 184 g/mol. The fourth-order valence-corrected chi connectivity index (χ4v) is 2.52. The van der Waals surface area contributed by atoms with Crippen LogP contribution in [-0.4, -0.2) is 18.0 Å². The highest BCUT2D eigenvalue weighted by atomic mass is 32.2. The van der Waals surface area contributed by atoms with Crippen LogP contribution in [0.25, 0.3) is 0 Å². The minimum atomic E-state index is -0.330. The Labute approximate surface area is 81.9 Å². The van der Waals surface area contributed by atoms with Crippen LogP contribution in [0.5, 0.6) is 5.75 Å². The second-order valence-corrected chi connectivity index (χ2v) is 4.13. The second kappa shape index (κ2) is 3.60. The fraction of sp³-hybridized carbons (Fsp3) is 0.400. The minimum absolute atomic E-state index is 0.330. The molecule has 0 saturated heterocycles. The Bertz CT molecular complexity index is 312. The first-order valence-corrected chi connectivity index (χ1v) is 5.39. The molecule has 0 saturated carbocycles. The average molecular weight is 196 g/mol. The summed E-state index contributed by atoms with van der Waals surface area (Å²) >= 11 is 1.77. The highest BCUT2D eigenvalue weighted by molar-refractivity contribution is 7.98. The number of fused-ring (bicyclic) bond motifs is 1. The van der Waals surface area contributed by atoms with Crippen molar-refractivity contribution in [3.63, 3.8) is 0 Å². The van der Waals surface area contributed by atoms with Gasteiger partial charge in [0.1, 0.15) is 5.75 Å². The topological polar surface area (TPSA) is 29.5 Å². The molecule has 0 aromatic heterocycles. The molecule has 0 amide bonds.